The zero-order valence-corrected chi connectivity index (χ0v) is 38.9. The third-order valence-electron chi connectivity index (χ3n) is 10.5. The Morgan fingerprint density at radius 2 is 0.895 bits per heavy atom. The van der Waals surface area contributed by atoms with Gasteiger partial charge in [0.15, 0.2) is 6.10 Å². The van der Waals surface area contributed by atoms with Gasteiger partial charge in [-0.2, -0.15) is 0 Å². The second-order valence-electron chi connectivity index (χ2n) is 17.5. The fraction of sp³-hybridized carbons (Fsp3) is 0.915. The van der Waals surface area contributed by atoms with Crippen molar-refractivity contribution in [1.82, 2.24) is 0 Å². The van der Waals surface area contributed by atoms with E-state index in [0.717, 1.165) is 38.5 Å². The summed E-state index contributed by atoms with van der Waals surface area (Å²) in [5.74, 6) is -0.834. The summed E-state index contributed by atoms with van der Waals surface area (Å²) in [5, 5.41) is 0. The van der Waals surface area contributed by atoms with E-state index >= 15 is 0 Å². The lowest BCUT2D eigenvalue weighted by Gasteiger charge is -2.28. The Kier molecular flexibility index (Phi) is 39.3. The van der Waals surface area contributed by atoms with Gasteiger partial charge < -0.3 is 27.9 Å². The van der Waals surface area contributed by atoms with Crippen molar-refractivity contribution in [2.45, 2.75) is 232 Å². The molecule has 0 amide bonds. The minimum atomic E-state index is -4.61. The molecule has 10 heteroatoms. The fourth-order valence-corrected chi connectivity index (χ4v) is 7.50. The van der Waals surface area contributed by atoms with Crippen LogP contribution in [-0.2, 0) is 32.7 Å². The van der Waals surface area contributed by atoms with E-state index in [4.69, 9.17) is 18.5 Å². The SMILES string of the molecule is CCCCCCCCCC/C=C\CCCCCCCCCCCCCCCCCC(=O)OC(COC(=O)CCCCCCCC)COP(=O)([O-])OCC[N+](C)(C)C. The average molecular weight is 830 g/mol. The van der Waals surface area contributed by atoms with E-state index in [1.54, 1.807) is 0 Å². The van der Waals surface area contributed by atoms with Crippen LogP contribution in [0.1, 0.15) is 226 Å². The number of hydrogen-bond donors (Lipinski definition) is 0. The number of carbonyl (C=O) groups excluding carboxylic acids is 2. The van der Waals surface area contributed by atoms with Gasteiger partial charge in [-0.3, -0.25) is 14.2 Å². The van der Waals surface area contributed by atoms with Gasteiger partial charge in [0.05, 0.1) is 27.7 Å². The van der Waals surface area contributed by atoms with Gasteiger partial charge in [-0.25, -0.2) is 0 Å². The molecule has 0 aromatic rings. The van der Waals surface area contributed by atoms with E-state index in [0.29, 0.717) is 17.4 Å². The number of esters is 2. The summed E-state index contributed by atoms with van der Waals surface area (Å²) in [6, 6.07) is 0. The highest BCUT2D eigenvalue weighted by Crippen LogP contribution is 2.38. The predicted molar refractivity (Wildman–Crippen MR) is 236 cm³/mol. The van der Waals surface area contributed by atoms with Crippen molar-refractivity contribution in [3.63, 3.8) is 0 Å². The zero-order valence-electron chi connectivity index (χ0n) is 38.1. The molecule has 2 atom stereocenters. The molecule has 0 aliphatic rings. The minimum Gasteiger partial charge on any atom is -0.756 e. The highest BCUT2D eigenvalue weighted by molar-refractivity contribution is 7.45. The first-order chi connectivity index (χ1) is 27.5. The van der Waals surface area contributed by atoms with Crippen molar-refractivity contribution in [3.05, 3.63) is 12.2 Å². The van der Waals surface area contributed by atoms with Gasteiger partial charge in [-0.15, -0.1) is 0 Å². The van der Waals surface area contributed by atoms with Crippen molar-refractivity contribution in [3.8, 4) is 0 Å². The zero-order chi connectivity index (χ0) is 42.1. The third-order valence-corrected chi connectivity index (χ3v) is 11.5. The van der Waals surface area contributed by atoms with Gasteiger partial charge in [0.2, 0.25) is 0 Å². The third kappa shape index (κ3) is 44.1. The van der Waals surface area contributed by atoms with Crippen molar-refractivity contribution in [1.29, 1.82) is 0 Å². The van der Waals surface area contributed by atoms with E-state index in [2.05, 4.69) is 26.0 Å². The number of carbonyl (C=O) groups is 2. The first kappa shape index (κ1) is 55.8. The van der Waals surface area contributed by atoms with Crippen LogP contribution in [-0.4, -0.2) is 70.0 Å². The molecule has 338 valence electrons. The quantitative estimate of drug-likeness (QED) is 0.0196. The number of phosphoric acid groups is 1. The lowest BCUT2D eigenvalue weighted by Crippen LogP contribution is -2.37. The number of nitrogens with zero attached hydrogens (tertiary/aromatic N) is 1. The number of phosphoric ester groups is 1. The molecule has 0 bridgehead atoms. The molecular weight excluding hydrogens is 737 g/mol. The number of likely N-dealkylation sites (N-methyl/N-ethyl adjacent to an activating group) is 1. The molecule has 0 heterocycles. The highest BCUT2D eigenvalue weighted by atomic mass is 31.2. The van der Waals surface area contributed by atoms with E-state index in [9.17, 15) is 19.0 Å². The summed E-state index contributed by atoms with van der Waals surface area (Å²) in [6.07, 6.45) is 42.9. The first-order valence-corrected chi connectivity index (χ1v) is 25.4. The smallest absolute Gasteiger partial charge is 0.306 e. The lowest BCUT2D eigenvalue weighted by atomic mass is 10.0. The summed E-state index contributed by atoms with van der Waals surface area (Å²) in [4.78, 5) is 37.3. The maximum atomic E-state index is 12.6. The van der Waals surface area contributed by atoms with Gasteiger partial charge in [-0.1, -0.05) is 187 Å². The van der Waals surface area contributed by atoms with Crippen LogP contribution in [0.2, 0.25) is 0 Å². The molecule has 0 aromatic heterocycles. The monoisotopic (exact) mass is 830 g/mol. The predicted octanol–water partition coefficient (Wildman–Crippen LogP) is 13.1. The lowest BCUT2D eigenvalue weighted by molar-refractivity contribution is -0.870. The molecule has 0 aromatic carbocycles. The van der Waals surface area contributed by atoms with Gasteiger partial charge in [-0.05, 0) is 38.5 Å². The molecule has 9 nitrogen and oxygen atoms in total. The molecule has 0 saturated heterocycles. The number of ether oxygens (including phenoxy) is 2. The first-order valence-electron chi connectivity index (χ1n) is 23.9. The summed E-state index contributed by atoms with van der Waals surface area (Å²) in [7, 11) is 1.18. The van der Waals surface area contributed by atoms with E-state index in [1.165, 1.54) is 154 Å². The summed E-state index contributed by atoms with van der Waals surface area (Å²) < 4.78 is 33.8. The second kappa shape index (κ2) is 40.2. The molecule has 57 heavy (non-hydrogen) atoms. The highest BCUT2D eigenvalue weighted by Gasteiger charge is 2.21. The van der Waals surface area contributed by atoms with Crippen LogP contribution >= 0.6 is 7.82 Å². The van der Waals surface area contributed by atoms with Crippen LogP contribution in [0.25, 0.3) is 0 Å². The Morgan fingerprint density at radius 3 is 1.30 bits per heavy atom. The van der Waals surface area contributed by atoms with Crippen molar-refractivity contribution < 1.29 is 42.1 Å². The van der Waals surface area contributed by atoms with Crippen LogP contribution < -0.4 is 4.89 Å². The molecule has 0 fully saturated rings. The van der Waals surface area contributed by atoms with E-state index < -0.39 is 26.5 Å². The van der Waals surface area contributed by atoms with Crippen LogP contribution in [0.4, 0.5) is 0 Å². The van der Waals surface area contributed by atoms with Crippen LogP contribution in [0.15, 0.2) is 12.2 Å². The van der Waals surface area contributed by atoms with Crippen LogP contribution in [0, 0.1) is 0 Å². The minimum absolute atomic E-state index is 0.0276. The van der Waals surface area contributed by atoms with Crippen molar-refractivity contribution in [2.24, 2.45) is 0 Å². The number of quaternary nitrogens is 1. The van der Waals surface area contributed by atoms with Gasteiger partial charge >= 0.3 is 11.9 Å². The van der Waals surface area contributed by atoms with Crippen LogP contribution in [0.3, 0.4) is 0 Å². The van der Waals surface area contributed by atoms with Gasteiger partial charge in [0.25, 0.3) is 7.82 Å². The molecule has 0 radical (unpaired) electrons. The van der Waals surface area contributed by atoms with E-state index in [-0.39, 0.29) is 32.0 Å². The Bertz CT molecular complexity index is 985. The Labute approximate surface area is 352 Å². The molecule has 0 aliphatic heterocycles. The fourth-order valence-electron chi connectivity index (χ4n) is 6.77. The Morgan fingerprint density at radius 1 is 0.526 bits per heavy atom. The molecule has 0 rings (SSSR count). The molecule has 0 saturated carbocycles. The van der Waals surface area contributed by atoms with Crippen molar-refractivity contribution >= 4 is 19.8 Å². The molecule has 2 unspecified atom stereocenters. The van der Waals surface area contributed by atoms with Crippen molar-refractivity contribution in [2.75, 3.05) is 47.5 Å². The number of allylic oxidation sites excluding steroid dienone is 2. The Hall–Kier alpha value is -1.25. The molecule has 0 spiro atoms. The molecule has 0 aliphatic carbocycles. The number of rotatable bonds is 44. The number of unbranched alkanes of at least 4 members (excludes halogenated alkanes) is 28. The maximum absolute atomic E-state index is 12.6. The Balaban J connectivity index is 3.98. The summed E-state index contributed by atoms with van der Waals surface area (Å²) >= 11 is 0. The molecular formula is C47H92NO8P. The average Bonchev–Trinajstić information content (AvgIpc) is 3.16. The second-order valence-corrected chi connectivity index (χ2v) is 18.9. The normalized spacial score (nSPS) is 13.6. The molecule has 0 N–H and O–H groups in total. The maximum Gasteiger partial charge on any atom is 0.306 e. The summed E-state index contributed by atoms with van der Waals surface area (Å²) in [5.41, 5.74) is 0. The van der Waals surface area contributed by atoms with E-state index in [1.807, 2.05) is 21.1 Å². The van der Waals surface area contributed by atoms with Crippen LogP contribution in [0.5, 0.6) is 0 Å². The van der Waals surface area contributed by atoms with Gasteiger partial charge in [0.1, 0.15) is 19.8 Å². The standard InChI is InChI=1S/C47H92NO8P/c1-6-8-10-12-14-15-16-17-18-19-20-21-22-23-24-25-26-27-28-29-30-31-32-33-34-36-38-40-47(50)56-45(43-53-46(49)39-37-35-13-11-9-7-2)44-55-57(51,52)54-42-41-48(3,4)5/h19-20,45H,6-18,21-44H2,1-5H3/b20-19-. The number of hydrogen-bond acceptors (Lipinski definition) is 8. The topological polar surface area (TPSA) is 111 Å². The summed E-state index contributed by atoms with van der Waals surface area (Å²) in [6.45, 7) is 4.18. The largest absolute Gasteiger partial charge is 0.756 e. The van der Waals surface area contributed by atoms with Gasteiger partial charge in [0, 0.05) is 12.8 Å².